The monoisotopic (exact) mass is 290 g/mol. The summed E-state index contributed by atoms with van der Waals surface area (Å²) >= 11 is 9.37. The SMILES string of the molecule is CC(C)CSCC(O)CSc1cccc(Cl)c1. The van der Waals surface area contributed by atoms with Crippen molar-refractivity contribution in [2.24, 2.45) is 5.92 Å². The van der Waals surface area contributed by atoms with Crippen LogP contribution in [0.1, 0.15) is 13.8 Å². The van der Waals surface area contributed by atoms with Gasteiger partial charge in [-0.15, -0.1) is 11.8 Å². The molecular formula is C13H19ClOS2. The van der Waals surface area contributed by atoms with Gasteiger partial charge in [0, 0.05) is 21.4 Å². The van der Waals surface area contributed by atoms with Crippen LogP contribution in [0.4, 0.5) is 0 Å². The molecule has 0 heterocycles. The Hall–Kier alpha value is 0.170. The highest BCUT2D eigenvalue weighted by Gasteiger charge is 2.06. The van der Waals surface area contributed by atoms with Crippen LogP contribution in [0.25, 0.3) is 0 Å². The normalized spacial score (nSPS) is 13.0. The zero-order valence-electron chi connectivity index (χ0n) is 10.2. The number of aliphatic hydroxyl groups is 1. The highest BCUT2D eigenvalue weighted by Crippen LogP contribution is 2.23. The van der Waals surface area contributed by atoms with Crippen LogP contribution in [0.5, 0.6) is 0 Å². The lowest BCUT2D eigenvalue weighted by molar-refractivity contribution is 0.225. The second-order valence-corrected chi connectivity index (χ2v) is 6.96. The van der Waals surface area contributed by atoms with Gasteiger partial charge in [0.05, 0.1) is 6.10 Å². The van der Waals surface area contributed by atoms with E-state index in [0.29, 0.717) is 5.92 Å². The van der Waals surface area contributed by atoms with E-state index in [9.17, 15) is 5.11 Å². The molecule has 0 radical (unpaired) electrons. The third kappa shape index (κ3) is 7.24. The van der Waals surface area contributed by atoms with E-state index in [1.54, 1.807) is 11.8 Å². The van der Waals surface area contributed by atoms with Crippen LogP contribution in [-0.4, -0.2) is 28.5 Å². The minimum absolute atomic E-state index is 0.247. The Labute approximate surface area is 117 Å². The first-order valence-electron chi connectivity index (χ1n) is 5.72. The first-order chi connectivity index (χ1) is 8.08. The summed E-state index contributed by atoms with van der Waals surface area (Å²) in [7, 11) is 0. The average Bonchev–Trinajstić information content (AvgIpc) is 2.26. The maximum atomic E-state index is 9.82. The van der Waals surface area contributed by atoms with Gasteiger partial charge < -0.3 is 5.11 Å². The van der Waals surface area contributed by atoms with Crippen molar-refractivity contribution in [2.75, 3.05) is 17.3 Å². The van der Waals surface area contributed by atoms with Gasteiger partial charge in [0.15, 0.2) is 0 Å². The number of hydrogen-bond donors (Lipinski definition) is 1. The number of halogens is 1. The van der Waals surface area contributed by atoms with E-state index < -0.39 is 0 Å². The van der Waals surface area contributed by atoms with E-state index in [0.717, 1.165) is 27.2 Å². The standard InChI is InChI=1S/C13H19ClOS2/c1-10(2)7-16-8-12(15)9-17-13-5-3-4-11(14)6-13/h3-6,10,12,15H,7-9H2,1-2H3. The largest absolute Gasteiger partial charge is 0.391 e. The molecule has 0 aliphatic heterocycles. The Kier molecular flexibility index (Phi) is 7.44. The molecule has 0 fully saturated rings. The van der Waals surface area contributed by atoms with E-state index in [4.69, 9.17) is 11.6 Å². The van der Waals surface area contributed by atoms with Crippen LogP contribution in [0, 0.1) is 5.92 Å². The van der Waals surface area contributed by atoms with Crippen molar-refractivity contribution in [1.29, 1.82) is 0 Å². The number of aliphatic hydroxyl groups excluding tert-OH is 1. The molecule has 1 unspecified atom stereocenters. The third-order valence-corrected chi connectivity index (χ3v) is 4.90. The fraction of sp³-hybridized carbons (Fsp3) is 0.538. The Morgan fingerprint density at radius 2 is 2.00 bits per heavy atom. The van der Waals surface area contributed by atoms with Gasteiger partial charge in [-0.1, -0.05) is 31.5 Å². The summed E-state index contributed by atoms with van der Waals surface area (Å²) in [6.07, 6.45) is -0.247. The van der Waals surface area contributed by atoms with Gasteiger partial charge in [0.25, 0.3) is 0 Å². The predicted octanol–water partition coefficient (Wildman–Crippen LogP) is 4.18. The summed E-state index contributed by atoms with van der Waals surface area (Å²) in [5.74, 6) is 3.34. The van der Waals surface area contributed by atoms with Crippen molar-refractivity contribution in [3.8, 4) is 0 Å². The first kappa shape index (κ1) is 15.2. The first-order valence-corrected chi connectivity index (χ1v) is 8.24. The zero-order chi connectivity index (χ0) is 12.7. The van der Waals surface area contributed by atoms with Crippen molar-refractivity contribution < 1.29 is 5.11 Å². The lowest BCUT2D eigenvalue weighted by atomic mass is 10.3. The highest BCUT2D eigenvalue weighted by atomic mass is 35.5. The lowest BCUT2D eigenvalue weighted by Crippen LogP contribution is -2.14. The van der Waals surface area contributed by atoms with Crippen molar-refractivity contribution in [3.05, 3.63) is 29.3 Å². The van der Waals surface area contributed by atoms with Crippen LogP contribution in [-0.2, 0) is 0 Å². The van der Waals surface area contributed by atoms with Crippen molar-refractivity contribution in [2.45, 2.75) is 24.8 Å². The van der Waals surface area contributed by atoms with Gasteiger partial charge in [-0.05, 0) is 29.9 Å². The van der Waals surface area contributed by atoms with Gasteiger partial charge in [0.2, 0.25) is 0 Å². The van der Waals surface area contributed by atoms with Gasteiger partial charge in [-0.25, -0.2) is 0 Å². The minimum Gasteiger partial charge on any atom is -0.391 e. The quantitative estimate of drug-likeness (QED) is 0.761. The van der Waals surface area contributed by atoms with E-state index >= 15 is 0 Å². The van der Waals surface area contributed by atoms with E-state index in [1.807, 2.05) is 36.0 Å². The second-order valence-electron chi connectivity index (χ2n) is 4.35. The molecule has 0 amide bonds. The van der Waals surface area contributed by atoms with E-state index in [1.165, 1.54) is 0 Å². The second kappa shape index (κ2) is 8.30. The fourth-order valence-corrected chi connectivity index (χ4v) is 3.53. The average molecular weight is 291 g/mol. The van der Waals surface area contributed by atoms with Crippen LogP contribution in [0.3, 0.4) is 0 Å². The molecule has 0 aliphatic carbocycles. The molecular weight excluding hydrogens is 272 g/mol. The summed E-state index contributed by atoms with van der Waals surface area (Å²) in [4.78, 5) is 1.12. The topological polar surface area (TPSA) is 20.2 Å². The van der Waals surface area contributed by atoms with Crippen molar-refractivity contribution >= 4 is 35.1 Å². The molecule has 1 aromatic carbocycles. The molecule has 1 nitrogen and oxygen atoms in total. The molecule has 0 aliphatic rings. The molecule has 1 rings (SSSR count). The number of thioether (sulfide) groups is 2. The van der Waals surface area contributed by atoms with Crippen molar-refractivity contribution in [1.82, 2.24) is 0 Å². The van der Waals surface area contributed by atoms with Crippen LogP contribution in [0.15, 0.2) is 29.2 Å². The van der Waals surface area contributed by atoms with Crippen LogP contribution < -0.4 is 0 Å². The number of hydrogen-bond acceptors (Lipinski definition) is 3. The lowest BCUT2D eigenvalue weighted by Gasteiger charge is -2.11. The molecule has 0 aromatic heterocycles. The molecule has 1 aromatic rings. The molecule has 1 N–H and O–H groups in total. The Morgan fingerprint density at radius 1 is 1.24 bits per heavy atom. The molecule has 96 valence electrons. The summed E-state index contributed by atoms with van der Waals surface area (Å²) in [5, 5.41) is 10.6. The highest BCUT2D eigenvalue weighted by molar-refractivity contribution is 8.00. The maximum Gasteiger partial charge on any atom is 0.0724 e. The molecule has 0 saturated heterocycles. The van der Waals surface area contributed by atoms with Gasteiger partial charge in [-0.3, -0.25) is 0 Å². The van der Waals surface area contributed by atoms with Gasteiger partial charge in [0.1, 0.15) is 0 Å². The maximum absolute atomic E-state index is 9.82. The fourth-order valence-electron chi connectivity index (χ4n) is 1.24. The van der Waals surface area contributed by atoms with Crippen LogP contribution in [0.2, 0.25) is 5.02 Å². The number of benzene rings is 1. The molecule has 17 heavy (non-hydrogen) atoms. The van der Waals surface area contributed by atoms with E-state index in [-0.39, 0.29) is 6.10 Å². The Balaban J connectivity index is 2.21. The van der Waals surface area contributed by atoms with Gasteiger partial charge >= 0.3 is 0 Å². The van der Waals surface area contributed by atoms with Crippen molar-refractivity contribution in [3.63, 3.8) is 0 Å². The summed E-state index contributed by atoms with van der Waals surface area (Å²) in [6.45, 7) is 4.39. The Morgan fingerprint density at radius 3 is 2.65 bits per heavy atom. The molecule has 0 spiro atoms. The Bertz CT molecular complexity index is 331. The minimum atomic E-state index is -0.247. The molecule has 0 bridgehead atoms. The zero-order valence-corrected chi connectivity index (χ0v) is 12.6. The molecule has 4 heteroatoms. The summed E-state index contributed by atoms with van der Waals surface area (Å²) < 4.78 is 0. The van der Waals surface area contributed by atoms with Gasteiger partial charge in [-0.2, -0.15) is 11.8 Å². The van der Waals surface area contributed by atoms with Crippen LogP contribution >= 0.6 is 35.1 Å². The number of rotatable bonds is 7. The molecule has 0 saturated carbocycles. The summed E-state index contributed by atoms with van der Waals surface area (Å²) in [6, 6.07) is 7.75. The predicted molar refractivity (Wildman–Crippen MR) is 80.3 cm³/mol. The third-order valence-electron chi connectivity index (χ3n) is 2.00. The summed E-state index contributed by atoms with van der Waals surface area (Å²) in [5.41, 5.74) is 0. The smallest absolute Gasteiger partial charge is 0.0724 e. The van der Waals surface area contributed by atoms with E-state index in [2.05, 4.69) is 13.8 Å². The molecule has 1 atom stereocenters.